The number of nitrogens with one attached hydrogen (secondary N) is 1. The quantitative estimate of drug-likeness (QED) is 0.732. The topological polar surface area (TPSA) is 105 Å². The molecule has 0 aliphatic heterocycles. The van der Waals surface area contributed by atoms with Crippen molar-refractivity contribution in [2.24, 2.45) is 0 Å². The van der Waals surface area contributed by atoms with Crippen molar-refractivity contribution < 1.29 is 14.7 Å². The predicted molar refractivity (Wildman–Crippen MR) is 80.9 cm³/mol. The third-order valence-electron chi connectivity index (χ3n) is 2.76. The summed E-state index contributed by atoms with van der Waals surface area (Å²) in [5.74, 6) is -1.39. The molecule has 2 aromatic rings. The normalized spacial score (nSPS) is 10.1. The highest BCUT2D eigenvalue weighted by molar-refractivity contribution is 9.10. The smallest absolute Gasteiger partial charge is 0.354 e. The van der Waals surface area contributed by atoms with E-state index in [2.05, 4.69) is 26.2 Å². The molecule has 0 bridgehead atoms. The van der Waals surface area contributed by atoms with Crippen molar-refractivity contribution in [1.29, 1.82) is 0 Å². The van der Waals surface area contributed by atoms with E-state index in [9.17, 15) is 9.59 Å². The Morgan fingerprint density at radius 3 is 2.62 bits per heavy atom. The maximum absolute atomic E-state index is 12.0. The molecule has 7 heteroatoms. The second kappa shape index (κ2) is 6.36. The molecule has 1 aromatic heterocycles. The molecule has 2 rings (SSSR count). The summed E-state index contributed by atoms with van der Waals surface area (Å²) in [5, 5.41) is 11.4. The molecule has 0 radical (unpaired) electrons. The number of rotatable bonds is 4. The Morgan fingerprint density at radius 2 is 2.05 bits per heavy atom. The summed E-state index contributed by atoms with van der Waals surface area (Å²) in [6.07, 6.45) is 1.41. The molecule has 0 aliphatic carbocycles. The van der Waals surface area contributed by atoms with Gasteiger partial charge in [-0.05, 0) is 29.8 Å². The zero-order valence-corrected chi connectivity index (χ0v) is 12.4. The van der Waals surface area contributed by atoms with Gasteiger partial charge in [-0.15, -0.1) is 0 Å². The minimum absolute atomic E-state index is 0.0396. The van der Waals surface area contributed by atoms with Gasteiger partial charge in [0.05, 0.1) is 5.56 Å². The van der Waals surface area contributed by atoms with E-state index in [0.717, 1.165) is 4.47 Å². The lowest BCUT2D eigenvalue weighted by Crippen LogP contribution is -2.24. The largest absolute Gasteiger partial charge is 0.477 e. The van der Waals surface area contributed by atoms with Crippen LogP contribution in [0.1, 0.15) is 26.4 Å². The van der Waals surface area contributed by atoms with Gasteiger partial charge < -0.3 is 16.2 Å². The summed E-state index contributed by atoms with van der Waals surface area (Å²) in [6, 6.07) is 7.99. The Balaban J connectivity index is 2.02. The van der Waals surface area contributed by atoms with Crippen molar-refractivity contribution >= 4 is 33.5 Å². The average molecular weight is 350 g/mol. The Hall–Kier alpha value is -2.41. The van der Waals surface area contributed by atoms with Crippen molar-refractivity contribution in [2.75, 3.05) is 5.73 Å². The number of aromatic carboxylic acids is 1. The summed E-state index contributed by atoms with van der Waals surface area (Å²) in [4.78, 5) is 26.5. The number of nitrogens with zero attached hydrogens (tertiary/aromatic N) is 1. The summed E-state index contributed by atoms with van der Waals surface area (Å²) in [7, 11) is 0. The highest BCUT2D eigenvalue weighted by Gasteiger charge is 2.10. The lowest BCUT2D eigenvalue weighted by atomic mass is 10.1. The first-order valence-electron chi connectivity index (χ1n) is 5.99. The van der Waals surface area contributed by atoms with Crippen LogP contribution in [0.15, 0.2) is 41.0 Å². The molecule has 1 aromatic carbocycles. The number of carbonyl (C=O) groups is 2. The molecule has 0 spiro atoms. The van der Waals surface area contributed by atoms with E-state index < -0.39 is 5.97 Å². The number of aromatic nitrogens is 1. The van der Waals surface area contributed by atoms with E-state index >= 15 is 0 Å². The van der Waals surface area contributed by atoms with Crippen LogP contribution in [-0.4, -0.2) is 22.0 Å². The fourth-order valence-corrected chi connectivity index (χ4v) is 2.05. The Labute approximate surface area is 129 Å². The van der Waals surface area contributed by atoms with Crippen molar-refractivity contribution in [1.82, 2.24) is 10.3 Å². The lowest BCUT2D eigenvalue weighted by Gasteiger charge is -2.08. The first-order chi connectivity index (χ1) is 9.97. The van der Waals surface area contributed by atoms with Crippen LogP contribution in [-0.2, 0) is 6.54 Å². The van der Waals surface area contributed by atoms with Gasteiger partial charge >= 0.3 is 5.97 Å². The van der Waals surface area contributed by atoms with Crippen LogP contribution < -0.4 is 11.1 Å². The second-order valence-corrected chi connectivity index (χ2v) is 5.19. The molecule has 4 N–H and O–H groups in total. The van der Waals surface area contributed by atoms with Gasteiger partial charge in [-0.1, -0.05) is 22.0 Å². The number of carboxylic acids is 1. The summed E-state index contributed by atoms with van der Waals surface area (Å²) >= 11 is 3.27. The second-order valence-electron chi connectivity index (χ2n) is 4.27. The van der Waals surface area contributed by atoms with Crippen molar-refractivity contribution in [2.45, 2.75) is 6.54 Å². The van der Waals surface area contributed by atoms with Gasteiger partial charge in [0, 0.05) is 22.9 Å². The minimum Gasteiger partial charge on any atom is -0.477 e. The van der Waals surface area contributed by atoms with Crippen LogP contribution in [0, 0.1) is 0 Å². The number of amides is 1. The minimum atomic E-state index is -1.09. The first kappa shape index (κ1) is 15.0. The molecule has 0 saturated heterocycles. The monoisotopic (exact) mass is 349 g/mol. The molecule has 0 fully saturated rings. The van der Waals surface area contributed by atoms with E-state index in [1.807, 2.05) is 0 Å². The van der Waals surface area contributed by atoms with Gasteiger partial charge in [-0.2, -0.15) is 0 Å². The number of benzene rings is 1. The van der Waals surface area contributed by atoms with E-state index in [1.165, 1.54) is 12.3 Å². The Kier molecular flexibility index (Phi) is 4.54. The molecule has 108 valence electrons. The van der Waals surface area contributed by atoms with E-state index in [0.29, 0.717) is 16.8 Å². The van der Waals surface area contributed by atoms with Gasteiger partial charge in [0.1, 0.15) is 5.69 Å². The van der Waals surface area contributed by atoms with Gasteiger partial charge in [0.15, 0.2) is 0 Å². The van der Waals surface area contributed by atoms with Crippen molar-refractivity contribution in [3.05, 3.63) is 57.8 Å². The van der Waals surface area contributed by atoms with Gasteiger partial charge in [0.2, 0.25) is 0 Å². The van der Waals surface area contributed by atoms with Crippen LogP contribution in [0.25, 0.3) is 0 Å². The number of carboxylic acid groups (broad SMARTS) is 1. The van der Waals surface area contributed by atoms with Gasteiger partial charge in [-0.25, -0.2) is 9.78 Å². The number of hydrogen-bond acceptors (Lipinski definition) is 4. The number of nitrogens with two attached hydrogens (primary N) is 1. The van der Waals surface area contributed by atoms with Crippen LogP contribution in [0.2, 0.25) is 0 Å². The molecular weight excluding hydrogens is 338 g/mol. The molecule has 0 saturated carbocycles. The molecule has 0 aliphatic rings. The predicted octanol–water partition coefficient (Wildman–Crippen LogP) is 2.05. The van der Waals surface area contributed by atoms with Crippen LogP contribution in [0.3, 0.4) is 0 Å². The molecule has 1 amide bonds. The number of pyridine rings is 1. The fourth-order valence-electron chi connectivity index (χ4n) is 1.67. The maximum Gasteiger partial charge on any atom is 0.354 e. The van der Waals surface area contributed by atoms with Crippen molar-refractivity contribution in [3.63, 3.8) is 0 Å². The number of anilines is 1. The van der Waals surface area contributed by atoms with Gasteiger partial charge in [0.25, 0.3) is 5.91 Å². The molecular formula is C14H12BrN3O3. The lowest BCUT2D eigenvalue weighted by molar-refractivity contribution is 0.0690. The maximum atomic E-state index is 12.0. The summed E-state index contributed by atoms with van der Waals surface area (Å²) in [5.41, 5.74) is 7.19. The SMILES string of the molecule is Nc1cc(Br)ccc1C(=O)NCc1ccc(C(=O)O)nc1. The van der Waals surface area contributed by atoms with Crippen LogP contribution in [0.5, 0.6) is 0 Å². The number of halogens is 1. The Morgan fingerprint density at radius 1 is 1.29 bits per heavy atom. The number of hydrogen-bond donors (Lipinski definition) is 3. The van der Waals surface area contributed by atoms with Gasteiger partial charge in [-0.3, -0.25) is 4.79 Å². The van der Waals surface area contributed by atoms with Crippen molar-refractivity contribution in [3.8, 4) is 0 Å². The first-order valence-corrected chi connectivity index (χ1v) is 6.78. The third-order valence-corrected chi connectivity index (χ3v) is 3.25. The van der Waals surface area contributed by atoms with Crippen LogP contribution >= 0.6 is 15.9 Å². The number of carbonyl (C=O) groups excluding carboxylic acids is 1. The zero-order valence-electron chi connectivity index (χ0n) is 10.8. The summed E-state index contributed by atoms with van der Waals surface area (Å²) < 4.78 is 0.796. The highest BCUT2D eigenvalue weighted by atomic mass is 79.9. The average Bonchev–Trinajstić information content (AvgIpc) is 2.45. The third kappa shape index (κ3) is 3.79. The molecule has 1 heterocycles. The zero-order chi connectivity index (χ0) is 15.4. The summed E-state index contributed by atoms with van der Waals surface area (Å²) in [6.45, 7) is 0.237. The highest BCUT2D eigenvalue weighted by Crippen LogP contribution is 2.18. The van der Waals surface area contributed by atoms with Crippen LogP contribution in [0.4, 0.5) is 5.69 Å². The molecule has 6 nitrogen and oxygen atoms in total. The Bertz CT molecular complexity index is 686. The standard InChI is InChI=1S/C14H12BrN3O3/c15-9-2-3-10(11(16)5-9)13(19)18-7-8-1-4-12(14(20)21)17-6-8/h1-6H,7,16H2,(H,18,19)(H,20,21). The molecule has 0 atom stereocenters. The fraction of sp³-hybridized carbons (Fsp3) is 0.0714. The van der Waals surface area contributed by atoms with E-state index in [1.54, 1.807) is 24.3 Å². The molecule has 0 unspecified atom stereocenters. The van der Waals surface area contributed by atoms with E-state index in [4.69, 9.17) is 10.8 Å². The number of nitrogen functional groups attached to an aromatic ring is 1. The van der Waals surface area contributed by atoms with E-state index in [-0.39, 0.29) is 18.1 Å². The molecule has 21 heavy (non-hydrogen) atoms.